The van der Waals surface area contributed by atoms with Gasteiger partial charge in [0, 0.05) is 13.1 Å². The molecule has 0 aromatic heterocycles. The van der Waals surface area contributed by atoms with Crippen molar-refractivity contribution in [3.8, 4) is 0 Å². The summed E-state index contributed by atoms with van der Waals surface area (Å²) >= 11 is 0. The third-order valence-corrected chi connectivity index (χ3v) is 3.58. The van der Waals surface area contributed by atoms with E-state index in [1.165, 1.54) is 32.1 Å². The Kier molecular flexibility index (Phi) is 5.86. The van der Waals surface area contributed by atoms with Gasteiger partial charge in [0.2, 0.25) is 0 Å². The number of hydrogen-bond acceptors (Lipinski definition) is 3. The van der Waals surface area contributed by atoms with Gasteiger partial charge in [0.15, 0.2) is 0 Å². The van der Waals surface area contributed by atoms with Gasteiger partial charge >= 0.3 is 0 Å². The van der Waals surface area contributed by atoms with E-state index in [-0.39, 0.29) is 0 Å². The molecule has 1 unspecified atom stereocenters. The van der Waals surface area contributed by atoms with Crippen molar-refractivity contribution >= 4 is 0 Å². The Morgan fingerprint density at radius 2 is 2.06 bits per heavy atom. The molecule has 17 heavy (non-hydrogen) atoms. The third-order valence-electron chi connectivity index (χ3n) is 3.58. The van der Waals surface area contributed by atoms with Crippen LogP contribution in [-0.4, -0.2) is 31.9 Å². The molecule has 98 valence electrons. The average molecular weight is 239 g/mol. The number of allylic oxidation sites excluding steroid dienone is 1. The van der Waals surface area contributed by atoms with Gasteiger partial charge in [-0.15, -0.1) is 0 Å². The predicted octanol–water partition coefficient (Wildman–Crippen LogP) is 2.62. The SMILES string of the molecule is C1=COC(CNCCOC2CCCCC2)CC1. The normalized spacial score (nSPS) is 25.8. The predicted molar refractivity (Wildman–Crippen MR) is 68.9 cm³/mol. The summed E-state index contributed by atoms with van der Waals surface area (Å²) in [5, 5.41) is 3.41. The first-order valence-electron chi connectivity index (χ1n) is 7.08. The highest BCUT2D eigenvalue weighted by Crippen LogP contribution is 2.19. The first-order chi connectivity index (χ1) is 8.45. The lowest BCUT2D eigenvalue weighted by molar-refractivity contribution is 0.0286. The van der Waals surface area contributed by atoms with Crippen molar-refractivity contribution in [2.45, 2.75) is 57.2 Å². The molecule has 0 spiro atoms. The maximum atomic E-state index is 5.86. The molecular formula is C14H25NO2. The molecule has 1 aliphatic carbocycles. The topological polar surface area (TPSA) is 30.5 Å². The second-order valence-electron chi connectivity index (χ2n) is 5.04. The highest BCUT2D eigenvalue weighted by Gasteiger charge is 2.13. The molecule has 1 N–H and O–H groups in total. The quantitative estimate of drug-likeness (QED) is 0.723. The van der Waals surface area contributed by atoms with Gasteiger partial charge < -0.3 is 14.8 Å². The minimum atomic E-state index is 0.356. The Balaban J connectivity index is 1.44. The monoisotopic (exact) mass is 239 g/mol. The van der Waals surface area contributed by atoms with Gasteiger partial charge in [0.25, 0.3) is 0 Å². The largest absolute Gasteiger partial charge is 0.497 e. The van der Waals surface area contributed by atoms with Crippen LogP contribution in [0.2, 0.25) is 0 Å². The van der Waals surface area contributed by atoms with Crippen LogP contribution in [0.1, 0.15) is 44.9 Å². The van der Waals surface area contributed by atoms with Crippen molar-refractivity contribution in [3.63, 3.8) is 0 Å². The van der Waals surface area contributed by atoms with Gasteiger partial charge in [-0.3, -0.25) is 0 Å². The Hall–Kier alpha value is -0.540. The van der Waals surface area contributed by atoms with Crippen LogP contribution in [0.4, 0.5) is 0 Å². The molecule has 1 heterocycles. The molecule has 3 nitrogen and oxygen atoms in total. The fourth-order valence-corrected chi connectivity index (χ4v) is 2.53. The summed E-state index contributed by atoms with van der Waals surface area (Å²) in [7, 11) is 0. The highest BCUT2D eigenvalue weighted by atomic mass is 16.5. The van der Waals surface area contributed by atoms with Crippen LogP contribution in [0.5, 0.6) is 0 Å². The van der Waals surface area contributed by atoms with Crippen molar-refractivity contribution in [1.82, 2.24) is 5.32 Å². The Labute approximate surface area is 105 Å². The number of hydrogen-bond donors (Lipinski definition) is 1. The smallest absolute Gasteiger partial charge is 0.110 e. The van der Waals surface area contributed by atoms with E-state index >= 15 is 0 Å². The summed E-state index contributed by atoms with van der Waals surface area (Å²) in [5.41, 5.74) is 0. The lowest BCUT2D eigenvalue weighted by Crippen LogP contribution is -2.32. The maximum absolute atomic E-state index is 5.86. The van der Waals surface area contributed by atoms with Gasteiger partial charge in [-0.1, -0.05) is 19.3 Å². The van der Waals surface area contributed by atoms with Gasteiger partial charge in [-0.25, -0.2) is 0 Å². The van der Waals surface area contributed by atoms with Crippen LogP contribution >= 0.6 is 0 Å². The van der Waals surface area contributed by atoms with Gasteiger partial charge in [-0.2, -0.15) is 0 Å². The first-order valence-corrected chi connectivity index (χ1v) is 7.08. The van der Waals surface area contributed by atoms with E-state index in [0.29, 0.717) is 12.2 Å². The second-order valence-corrected chi connectivity index (χ2v) is 5.04. The van der Waals surface area contributed by atoms with Gasteiger partial charge in [-0.05, 0) is 31.8 Å². The molecule has 0 aromatic carbocycles. The van der Waals surface area contributed by atoms with Crippen molar-refractivity contribution in [2.75, 3.05) is 19.7 Å². The molecule has 0 amide bonds. The molecule has 1 atom stereocenters. The van der Waals surface area contributed by atoms with E-state index in [1.807, 2.05) is 6.26 Å². The summed E-state index contributed by atoms with van der Waals surface area (Å²) in [6.07, 6.45) is 13.7. The molecule has 1 saturated carbocycles. The van der Waals surface area contributed by atoms with Crippen LogP contribution in [0.15, 0.2) is 12.3 Å². The molecule has 2 aliphatic rings. The van der Waals surface area contributed by atoms with E-state index in [4.69, 9.17) is 9.47 Å². The zero-order chi connectivity index (χ0) is 11.8. The van der Waals surface area contributed by atoms with Crippen molar-refractivity contribution < 1.29 is 9.47 Å². The fourth-order valence-electron chi connectivity index (χ4n) is 2.53. The van der Waals surface area contributed by atoms with Crippen molar-refractivity contribution in [1.29, 1.82) is 0 Å². The van der Waals surface area contributed by atoms with Crippen molar-refractivity contribution in [3.05, 3.63) is 12.3 Å². The molecule has 0 radical (unpaired) electrons. The minimum absolute atomic E-state index is 0.356. The fraction of sp³-hybridized carbons (Fsp3) is 0.857. The van der Waals surface area contributed by atoms with Crippen LogP contribution in [0.25, 0.3) is 0 Å². The summed E-state index contributed by atoms with van der Waals surface area (Å²) < 4.78 is 11.3. The molecule has 3 heteroatoms. The maximum Gasteiger partial charge on any atom is 0.110 e. The zero-order valence-electron chi connectivity index (χ0n) is 10.7. The lowest BCUT2D eigenvalue weighted by Gasteiger charge is -2.23. The van der Waals surface area contributed by atoms with Crippen LogP contribution in [-0.2, 0) is 9.47 Å². The Bertz CT molecular complexity index is 224. The van der Waals surface area contributed by atoms with Gasteiger partial charge in [0.05, 0.1) is 19.0 Å². The van der Waals surface area contributed by atoms with E-state index in [0.717, 1.165) is 32.5 Å². The summed E-state index contributed by atoms with van der Waals surface area (Å²) in [6.45, 7) is 2.73. The van der Waals surface area contributed by atoms with E-state index in [2.05, 4.69) is 11.4 Å². The average Bonchev–Trinajstić information content (AvgIpc) is 2.41. The number of ether oxygens (including phenoxy) is 2. The van der Waals surface area contributed by atoms with Crippen LogP contribution < -0.4 is 5.32 Å². The molecule has 0 bridgehead atoms. The highest BCUT2D eigenvalue weighted by molar-refractivity contribution is 4.82. The van der Waals surface area contributed by atoms with E-state index < -0.39 is 0 Å². The number of nitrogens with one attached hydrogen (secondary N) is 1. The first kappa shape index (κ1) is 12.9. The van der Waals surface area contributed by atoms with E-state index in [9.17, 15) is 0 Å². The molecule has 0 aromatic rings. The third kappa shape index (κ3) is 5.09. The number of rotatable bonds is 6. The summed E-state index contributed by atoms with van der Waals surface area (Å²) in [4.78, 5) is 0. The van der Waals surface area contributed by atoms with E-state index in [1.54, 1.807) is 0 Å². The van der Waals surface area contributed by atoms with Crippen LogP contribution in [0, 0.1) is 0 Å². The summed E-state index contributed by atoms with van der Waals surface area (Å²) in [6, 6.07) is 0. The zero-order valence-corrected chi connectivity index (χ0v) is 10.7. The Morgan fingerprint density at radius 3 is 2.82 bits per heavy atom. The van der Waals surface area contributed by atoms with Crippen LogP contribution in [0.3, 0.4) is 0 Å². The molecule has 1 aliphatic heterocycles. The minimum Gasteiger partial charge on any atom is -0.497 e. The lowest BCUT2D eigenvalue weighted by atomic mass is 9.98. The molecular weight excluding hydrogens is 214 g/mol. The second kappa shape index (κ2) is 7.72. The molecule has 1 fully saturated rings. The Morgan fingerprint density at radius 1 is 1.18 bits per heavy atom. The molecule has 0 saturated heterocycles. The van der Waals surface area contributed by atoms with Crippen molar-refractivity contribution in [2.24, 2.45) is 0 Å². The van der Waals surface area contributed by atoms with Gasteiger partial charge in [0.1, 0.15) is 6.10 Å². The standard InChI is InChI=1S/C14H25NO2/c1-2-6-13(7-3-1)17-11-9-15-12-14-8-4-5-10-16-14/h5,10,13-15H,1-4,6-9,11-12H2. The summed E-state index contributed by atoms with van der Waals surface area (Å²) in [5.74, 6) is 0. The molecule has 2 rings (SSSR count).